The molecule has 0 saturated carbocycles. The van der Waals surface area contributed by atoms with E-state index in [9.17, 15) is 0 Å². The molecule has 0 amide bonds. The fraction of sp³-hybridized carbons (Fsp3) is 0.200. The van der Waals surface area contributed by atoms with Gasteiger partial charge in [0.1, 0.15) is 5.75 Å². The highest BCUT2D eigenvalue weighted by atomic mass is 16.5. The van der Waals surface area contributed by atoms with Crippen LogP contribution in [0.4, 0.5) is 0 Å². The molecule has 2 aromatic rings. The number of rotatable bonds is 4. The Balaban J connectivity index is 1.87. The highest BCUT2D eigenvalue weighted by Gasteiger charge is 1.97. The zero-order valence-corrected chi connectivity index (χ0v) is 9.52. The average Bonchev–Trinajstić information content (AvgIpc) is 2.33. The van der Waals surface area contributed by atoms with Crippen molar-refractivity contribution in [1.29, 1.82) is 0 Å². The summed E-state index contributed by atoms with van der Waals surface area (Å²) in [7, 11) is 0. The van der Waals surface area contributed by atoms with E-state index in [0.29, 0.717) is 0 Å². The van der Waals surface area contributed by atoms with Crippen molar-refractivity contribution in [2.24, 2.45) is 0 Å². The first kappa shape index (κ1) is 10.7. The minimum atomic E-state index is 0.731. The summed E-state index contributed by atoms with van der Waals surface area (Å²) in [6.07, 6.45) is 0.954. The first-order valence-electron chi connectivity index (χ1n) is 5.58. The van der Waals surface area contributed by atoms with E-state index in [2.05, 4.69) is 37.3 Å². The lowest BCUT2D eigenvalue weighted by Crippen LogP contribution is -2.02. The molecule has 16 heavy (non-hydrogen) atoms. The summed E-state index contributed by atoms with van der Waals surface area (Å²) < 4.78 is 5.74. The number of para-hydroxylation sites is 1. The van der Waals surface area contributed by atoms with Crippen molar-refractivity contribution in [1.82, 2.24) is 0 Å². The van der Waals surface area contributed by atoms with Crippen molar-refractivity contribution in [2.75, 3.05) is 6.61 Å². The predicted molar refractivity (Wildman–Crippen MR) is 66.8 cm³/mol. The van der Waals surface area contributed by atoms with Gasteiger partial charge in [0.2, 0.25) is 0 Å². The number of hydrogen-bond acceptors (Lipinski definition) is 1. The van der Waals surface area contributed by atoms with E-state index in [1.54, 1.807) is 0 Å². The Morgan fingerprint density at radius 2 is 1.56 bits per heavy atom. The quantitative estimate of drug-likeness (QED) is 0.752. The summed E-state index contributed by atoms with van der Waals surface area (Å²) in [4.78, 5) is 0. The molecule has 0 aromatic heterocycles. The third-order valence-corrected chi connectivity index (χ3v) is 2.58. The molecule has 0 fully saturated rings. The second-order valence-electron chi connectivity index (χ2n) is 3.85. The van der Waals surface area contributed by atoms with Crippen molar-refractivity contribution >= 4 is 0 Å². The molecule has 0 N–H and O–H groups in total. The molecule has 0 aliphatic heterocycles. The smallest absolute Gasteiger partial charge is 0.122 e. The minimum absolute atomic E-state index is 0.731. The van der Waals surface area contributed by atoms with Crippen LogP contribution in [0.2, 0.25) is 0 Å². The lowest BCUT2D eigenvalue weighted by molar-refractivity contribution is 0.320. The Labute approximate surface area is 96.7 Å². The summed E-state index contributed by atoms with van der Waals surface area (Å²) in [5.74, 6) is 0.985. The molecule has 1 nitrogen and oxygen atoms in total. The summed E-state index contributed by atoms with van der Waals surface area (Å²) in [5.41, 5.74) is 2.51. The van der Waals surface area contributed by atoms with E-state index in [1.165, 1.54) is 11.1 Å². The lowest BCUT2D eigenvalue weighted by atomic mass is 10.2. The van der Waals surface area contributed by atoms with E-state index in [-0.39, 0.29) is 0 Å². The van der Waals surface area contributed by atoms with Crippen molar-refractivity contribution in [2.45, 2.75) is 13.3 Å². The lowest BCUT2D eigenvalue weighted by Gasteiger charge is -2.08. The summed E-state index contributed by atoms with van der Waals surface area (Å²) in [6, 6.07) is 18.5. The second kappa shape index (κ2) is 5.36. The fourth-order valence-electron chi connectivity index (χ4n) is 1.64. The monoisotopic (exact) mass is 212 g/mol. The normalized spacial score (nSPS) is 10.1. The van der Waals surface area contributed by atoms with Crippen LogP contribution in [-0.2, 0) is 6.42 Å². The zero-order chi connectivity index (χ0) is 11.2. The Bertz CT molecular complexity index is 434. The van der Waals surface area contributed by atoms with E-state index in [4.69, 9.17) is 4.74 Å². The van der Waals surface area contributed by atoms with Crippen LogP contribution in [0, 0.1) is 6.92 Å². The Morgan fingerprint density at radius 3 is 2.31 bits per heavy atom. The fourth-order valence-corrected chi connectivity index (χ4v) is 1.64. The standard InChI is InChI=1S/C15H16O/c1-13-7-5-6-10-15(13)16-12-11-14-8-3-2-4-9-14/h2-10H,11-12H2,1H3. The van der Waals surface area contributed by atoms with Gasteiger partial charge in [0.25, 0.3) is 0 Å². The van der Waals surface area contributed by atoms with Gasteiger partial charge in [0, 0.05) is 6.42 Å². The predicted octanol–water partition coefficient (Wildman–Crippen LogP) is 3.62. The van der Waals surface area contributed by atoms with E-state index in [0.717, 1.165) is 18.8 Å². The Hall–Kier alpha value is -1.76. The molecule has 0 aliphatic carbocycles. The number of aryl methyl sites for hydroxylation is 1. The number of hydrogen-bond donors (Lipinski definition) is 0. The van der Waals surface area contributed by atoms with Crippen LogP contribution in [0.5, 0.6) is 5.75 Å². The van der Waals surface area contributed by atoms with Gasteiger partial charge in [-0.1, -0.05) is 48.5 Å². The van der Waals surface area contributed by atoms with Crippen LogP contribution in [0.3, 0.4) is 0 Å². The maximum absolute atomic E-state index is 5.74. The number of benzene rings is 2. The molecule has 0 aliphatic rings. The average molecular weight is 212 g/mol. The maximum atomic E-state index is 5.74. The summed E-state index contributed by atoms with van der Waals surface area (Å²) in [5, 5.41) is 0. The first-order chi connectivity index (χ1) is 7.86. The topological polar surface area (TPSA) is 9.23 Å². The van der Waals surface area contributed by atoms with Crippen molar-refractivity contribution in [3.05, 3.63) is 65.7 Å². The van der Waals surface area contributed by atoms with E-state index < -0.39 is 0 Å². The molecule has 2 aromatic carbocycles. The number of ether oxygens (including phenoxy) is 1. The molecular formula is C15H16O. The van der Waals surface area contributed by atoms with Gasteiger partial charge >= 0.3 is 0 Å². The second-order valence-corrected chi connectivity index (χ2v) is 3.85. The highest BCUT2D eigenvalue weighted by molar-refractivity contribution is 5.31. The molecule has 0 radical (unpaired) electrons. The first-order valence-corrected chi connectivity index (χ1v) is 5.58. The van der Waals surface area contributed by atoms with Crippen molar-refractivity contribution < 1.29 is 4.74 Å². The van der Waals surface area contributed by atoms with E-state index >= 15 is 0 Å². The van der Waals surface area contributed by atoms with Crippen LogP contribution in [0.15, 0.2) is 54.6 Å². The third-order valence-electron chi connectivity index (χ3n) is 2.58. The largest absolute Gasteiger partial charge is 0.493 e. The third kappa shape index (κ3) is 2.86. The van der Waals surface area contributed by atoms with Gasteiger partial charge in [-0.2, -0.15) is 0 Å². The molecule has 0 unspecified atom stereocenters. The summed E-state index contributed by atoms with van der Waals surface area (Å²) in [6.45, 7) is 2.80. The van der Waals surface area contributed by atoms with Gasteiger partial charge in [-0.15, -0.1) is 0 Å². The Morgan fingerprint density at radius 1 is 0.875 bits per heavy atom. The molecule has 0 atom stereocenters. The van der Waals surface area contributed by atoms with Crippen LogP contribution in [0.1, 0.15) is 11.1 Å². The maximum Gasteiger partial charge on any atom is 0.122 e. The minimum Gasteiger partial charge on any atom is -0.493 e. The van der Waals surface area contributed by atoms with Gasteiger partial charge in [-0.25, -0.2) is 0 Å². The van der Waals surface area contributed by atoms with Gasteiger partial charge in [0.05, 0.1) is 6.61 Å². The van der Waals surface area contributed by atoms with Crippen LogP contribution in [-0.4, -0.2) is 6.61 Å². The molecule has 82 valence electrons. The SMILES string of the molecule is Cc1ccccc1OCCc1ccccc1. The van der Waals surface area contributed by atoms with Crippen LogP contribution < -0.4 is 4.74 Å². The summed E-state index contributed by atoms with van der Waals surface area (Å²) >= 11 is 0. The van der Waals surface area contributed by atoms with Crippen molar-refractivity contribution in [3.63, 3.8) is 0 Å². The van der Waals surface area contributed by atoms with Gasteiger partial charge in [0.15, 0.2) is 0 Å². The van der Waals surface area contributed by atoms with Crippen LogP contribution in [0.25, 0.3) is 0 Å². The molecule has 1 heteroatoms. The van der Waals surface area contributed by atoms with Gasteiger partial charge < -0.3 is 4.74 Å². The van der Waals surface area contributed by atoms with Gasteiger partial charge in [-0.05, 0) is 24.1 Å². The highest BCUT2D eigenvalue weighted by Crippen LogP contribution is 2.16. The van der Waals surface area contributed by atoms with Gasteiger partial charge in [-0.3, -0.25) is 0 Å². The molecule has 0 spiro atoms. The molecule has 2 rings (SSSR count). The molecular weight excluding hydrogens is 196 g/mol. The van der Waals surface area contributed by atoms with Crippen molar-refractivity contribution in [3.8, 4) is 5.75 Å². The molecule has 0 heterocycles. The molecule has 0 bridgehead atoms. The van der Waals surface area contributed by atoms with Crippen LogP contribution >= 0.6 is 0 Å². The molecule has 0 saturated heterocycles. The Kier molecular flexibility index (Phi) is 3.60. The zero-order valence-electron chi connectivity index (χ0n) is 9.52. The van der Waals surface area contributed by atoms with E-state index in [1.807, 2.05) is 24.3 Å².